The Morgan fingerprint density at radius 2 is 1.65 bits per heavy atom. The van der Waals surface area contributed by atoms with Gasteiger partial charge in [-0.2, -0.15) is 0 Å². The smallest absolute Gasteiger partial charge is 0.192 e. The number of alkyl halides is 1. The third-order valence-electron chi connectivity index (χ3n) is 14.6. The number of allylic oxidation sites excluding steroid dienone is 3. The van der Waals surface area contributed by atoms with Crippen molar-refractivity contribution in [3.63, 3.8) is 0 Å². The molecule has 0 heterocycles. The van der Waals surface area contributed by atoms with Gasteiger partial charge in [0.25, 0.3) is 0 Å². The molecule has 2 unspecified atom stereocenters. The molecule has 0 aliphatic heterocycles. The van der Waals surface area contributed by atoms with E-state index in [2.05, 4.69) is 102 Å². The van der Waals surface area contributed by atoms with Gasteiger partial charge in [-0.05, 0) is 129 Å². The van der Waals surface area contributed by atoms with Crippen molar-refractivity contribution in [1.82, 2.24) is 0 Å². The van der Waals surface area contributed by atoms with Gasteiger partial charge < -0.3 is 4.43 Å². The number of hydrogen-bond donors (Lipinski definition) is 0. The molecule has 0 amide bonds. The lowest BCUT2D eigenvalue weighted by Gasteiger charge is -2.63. The van der Waals surface area contributed by atoms with E-state index in [1.54, 1.807) is 11.1 Å². The van der Waals surface area contributed by atoms with Crippen molar-refractivity contribution in [2.45, 2.75) is 165 Å². The lowest BCUT2D eigenvalue weighted by molar-refractivity contribution is -0.0873. The highest BCUT2D eigenvalue weighted by Crippen LogP contribution is 2.73. The van der Waals surface area contributed by atoms with E-state index in [1.807, 2.05) is 0 Å². The van der Waals surface area contributed by atoms with Gasteiger partial charge in [0.15, 0.2) is 8.32 Å². The first-order chi connectivity index (χ1) is 18.1. The van der Waals surface area contributed by atoms with Crippen LogP contribution in [0.15, 0.2) is 22.8 Å². The molecule has 230 valence electrons. The number of hydrogen-bond acceptors (Lipinski definition) is 1. The zero-order chi connectivity index (χ0) is 30.3. The van der Waals surface area contributed by atoms with Crippen LogP contribution >= 0.6 is 0 Å². The molecule has 4 aliphatic rings. The largest absolute Gasteiger partial charge is 0.413 e. The van der Waals surface area contributed by atoms with E-state index >= 15 is 4.39 Å². The number of fused-ring (bicyclic) bond motifs is 4. The molecule has 0 aromatic heterocycles. The molecule has 3 heteroatoms. The standard InChI is InChI=1S/C37H65FOSi/c1-24(2)15-17-31(39-40(13,14)33(5,6)7)25(3)27-19-21-37(12)29-16-18-32-34(8,9)26(4)30(38)23-35(32,10)28(29)20-22-36(27,37)11/h15,25-27,30-32H,16-23H2,1-14H3/t25-,26-,27+,30+,31?,32?,35+,36+,37-/m0/s1. The highest BCUT2D eigenvalue weighted by Gasteiger charge is 2.64. The van der Waals surface area contributed by atoms with Crippen LogP contribution in [0, 0.1) is 45.3 Å². The van der Waals surface area contributed by atoms with Crippen molar-refractivity contribution in [1.29, 1.82) is 0 Å². The molecule has 2 fully saturated rings. The second-order valence-corrected chi connectivity index (χ2v) is 22.7. The average Bonchev–Trinajstić information content (AvgIpc) is 3.10. The Hall–Kier alpha value is -0.413. The van der Waals surface area contributed by atoms with E-state index in [1.165, 1.54) is 44.1 Å². The van der Waals surface area contributed by atoms with E-state index in [0.29, 0.717) is 17.8 Å². The molecule has 0 bridgehead atoms. The van der Waals surface area contributed by atoms with Crippen molar-refractivity contribution in [3.05, 3.63) is 22.8 Å². The summed E-state index contributed by atoms with van der Waals surface area (Å²) < 4.78 is 22.9. The first-order valence-corrected chi connectivity index (χ1v) is 19.7. The molecule has 4 aliphatic carbocycles. The number of rotatable bonds is 6. The normalized spacial score (nSPS) is 41.1. The number of halogens is 1. The summed E-state index contributed by atoms with van der Waals surface area (Å²) >= 11 is 0. The van der Waals surface area contributed by atoms with Gasteiger partial charge in [-0.3, -0.25) is 0 Å². The van der Waals surface area contributed by atoms with Crippen LogP contribution in [0.3, 0.4) is 0 Å². The van der Waals surface area contributed by atoms with E-state index < -0.39 is 14.5 Å². The molecule has 1 nitrogen and oxygen atoms in total. The molecule has 0 N–H and O–H groups in total. The lowest BCUT2D eigenvalue weighted by Crippen LogP contribution is -2.56. The lowest BCUT2D eigenvalue weighted by atomic mass is 9.42. The predicted octanol–water partition coefficient (Wildman–Crippen LogP) is 11.7. The van der Waals surface area contributed by atoms with Gasteiger partial charge in [0.2, 0.25) is 0 Å². The summed E-state index contributed by atoms with van der Waals surface area (Å²) in [6, 6.07) is 0. The molecule has 40 heavy (non-hydrogen) atoms. The van der Waals surface area contributed by atoms with Crippen molar-refractivity contribution < 1.29 is 8.82 Å². The first-order valence-electron chi connectivity index (χ1n) is 16.8. The highest BCUT2D eigenvalue weighted by molar-refractivity contribution is 6.74. The summed E-state index contributed by atoms with van der Waals surface area (Å²) in [6.07, 6.45) is 11.3. The Kier molecular flexibility index (Phi) is 8.41. The van der Waals surface area contributed by atoms with Crippen LogP contribution in [0.2, 0.25) is 18.1 Å². The Balaban J connectivity index is 1.69. The SMILES string of the molecule is CC(C)=CCC(O[Si](C)(C)C(C)(C)C)[C@@H](C)[C@H]1CC[C@@]2(C)C3=C(CC[C@]12C)[C@@]1(C)C[C@@H](F)[C@H](C)C(C)(C)C1CC3. The maximum absolute atomic E-state index is 15.7. The van der Waals surface area contributed by atoms with Crippen molar-refractivity contribution >= 4 is 8.32 Å². The molecule has 0 aromatic carbocycles. The Morgan fingerprint density at radius 3 is 2.23 bits per heavy atom. The fourth-order valence-corrected chi connectivity index (χ4v) is 11.8. The average molecular weight is 573 g/mol. The molecule has 0 saturated heterocycles. The first kappa shape index (κ1) is 32.5. The zero-order valence-corrected chi connectivity index (χ0v) is 30.0. The minimum absolute atomic E-state index is 0.0223. The highest BCUT2D eigenvalue weighted by atomic mass is 28.4. The molecule has 4 rings (SSSR count). The van der Waals surface area contributed by atoms with Gasteiger partial charge in [-0.25, -0.2) is 4.39 Å². The van der Waals surface area contributed by atoms with Gasteiger partial charge in [0.1, 0.15) is 6.17 Å². The van der Waals surface area contributed by atoms with E-state index in [4.69, 9.17) is 4.43 Å². The molecule has 9 atom stereocenters. The zero-order valence-electron chi connectivity index (χ0n) is 29.0. The van der Waals surface area contributed by atoms with Crippen LogP contribution in [0.5, 0.6) is 0 Å². The van der Waals surface area contributed by atoms with E-state index in [-0.39, 0.29) is 38.7 Å². The fraction of sp³-hybridized carbons (Fsp3) is 0.892. The summed E-state index contributed by atoms with van der Waals surface area (Å²) in [5, 5.41) is 0.211. The molecule has 0 radical (unpaired) electrons. The third kappa shape index (κ3) is 4.88. The minimum atomic E-state index is -1.90. The minimum Gasteiger partial charge on any atom is -0.413 e. The summed E-state index contributed by atoms with van der Waals surface area (Å²) in [4.78, 5) is 0. The summed E-state index contributed by atoms with van der Waals surface area (Å²) in [7, 11) is -1.90. The Labute approximate surface area is 249 Å². The van der Waals surface area contributed by atoms with Crippen molar-refractivity contribution in [2.24, 2.45) is 45.3 Å². The molecule has 2 saturated carbocycles. The van der Waals surface area contributed by atoms with Crippen molar-refractivity contribution in [3.8, 4) is 0 Å². The third-order valence-corrected chi connectivity index (χ3v) is 19.1. The second kappa shape index (κ2) is 10.3. The quantitative estimate of drug-likeness (QED) is 0.227. The van der Waals surface area contributed by atoms with Gasteiger partial charge in [-0.15, -0.1) is 0 Å². The molecule has 0 aromatic rings. The summed E-state index contributed by atoms with van der Waals surface area (Å²) in [5.41, 5.74) is 5.43. The van der Waals surface area contributed by atoms with Gasteiger partial charge in [0, 0.05) is 0 Å². The van der Waals surface area contributed by atoms with Crippen LogP contribution in [-0.4, -0.2) is 20.6 Å². The van der Waals surface area contributed by atoms with E-state index in [0.717, 1.165) is 12.8 Å². The van der Waals surface area contributed by atoms with Crippen LogP contribution in [0.1, 0.15) is 134 Å². The molecular weight excluding hydrogens is 507 g/mol. The van der Waals surface area contributed by atoms with Crippen LogP contribution in [0.25, 0.3) is 0 Å². The van der Waals surface area contributed by atoms with Gasteiger partial charge in [-0.1, -0.05) is 92.0 Å². The second-order valence-electron chi connectivity index (χ2n) is 18.0. The Bertz CT molecular complexity index is 1030. The maximum Gasteiger partial charge on any atom is 0.192 e. The van der Waals surface area contributed by atoms with Gasteiger partial charge >= 0.3 is 0 Å². The van der Waals surface area contributed by atoms with Crippen LogP contribution < -0.4 is 0 Å². The van der Waals surface area contributed by atoms with Crippen molar-refractivity contribution in [2.75, 3.05) is 0 Å². The summed E-state index contributed by atoms with van der Waals surface area (Å²) in [5.74, 6) is 1.92. The summed E-state index contributed by atoms with van der Waals surface area (Å²) in [6.45, 7) is 33.6. The Morgan fingerprint density at radius 1 is 1.02 bits per heavy atom. The van der Waals surface area contributed by atoms with E-state index in [9.17, 15) is 0 Å². The van der Waals surface area contributed by atoms with Crippen LogP contribution in [0.4, 0.5) is 4.39 Å². The maximum atomic E-state index is 15.7. The molecule has 0 spiro atoms. The van der Waals surface area contributed by atoms with Crippen LogP contribution in [-0.2, 0) is 4.43 Å². The van der Waals surface area contributed by atoms with Gasteiger partial charge in [0.05, 0.1) is 6.10 Å². The fourth-order valence-electron chi connectivity index (χ4n) is 10.4. The molecular formula is C37H65FOSi. The monoisotopic (exact) mass is 572 g/mol. The predicted molar refractivity (Wildman–Crippen MR) is 174 cm³/mol. The topological polar surface area (TPSA) is 9.23 Å².